The van der Waals surface area contributed by atoms with Gasteiger partial charge in [-0.1, -0.05) is 31.2 Å². The predicted octanol–water partition coefficient (Wildman–Crippen LogP) is 3.79. The Morgan fingerprint density at radius 2 is 1.87 bits per heavy atom. The molecule has 2 aromatic rings. The third kappa shape index (κ3) is 5.66. The van der Waals surface area contributed by atoms with Crippen LogP contribution in [0.5, 0.6) is 5.75 Å². The molecule has 3 rings (SSSR count). The summed E-state index contributed by atoms with van der Waals surface area (Å²) in [7, 11) is -1.94. The van der Waals surface area contributed by atoms with Gasteiger partial charge < -0.3 is 10.1 Å². The minimum atomic E-state index is -3.59. The van der Waals surface area contributed by atoms with Crippen molar-refractivity contribution in [2.75, 3.05) is 26.7 Å². The van der Waals surface area contributed by atoms with Crippen LogP contribution in [-0.4, -0.2) is 45.4 Å². The average Bonchev–Trinajstić information content (AvgIpc) is 2.77. The summed E-state index contributed by atoms with van der Waals surface area (Å²) in [5, 5.41) is 2.92. The fraction of sp³-hybridized carbons (Fsp3) is 0.458. The number of hydrogen-bond acceptors (Lipinski definition) is 4. The standard InChI is InChI=1S/C24H32N2O4S/c1-18-12-15-26(16-13-18)31(28,29)21-11-10-19(2)22(17-21)24(27)25-14-6-8-20-7-4-5-9-23(20)30-3/h4-5,7,9-11,17-18H,6,8,12-16H2,1-3H3,(H,25,27). The van der Waals surface area contributed by atoms with Gasteiger partial charge in [0.05, 0.1) is 12.0 Å². The average molecular weight is 445 g/mol. The molecule has 0 spiro atoms. The lowest BCUT2D eigenvalue weighted by molar-refractivity contribution is 0.0952. The predicted molar refractivity (Wildman–Crippen MR) is 122 cm³/mol. The van der Waals surface area contributed by atoms with Crippen LogP contribution in [0.3, 0.4) is 0 Å². The molecule has 1 aliphatic rings. The molecule has 0 unspecified atom stereocenters. The fourth-order valence-electron chi connectivity index (χ4n) is 3.87. The van der Waals surface area contributed by atoms with E-state index in [1.807, 2.05) is 31.2 Å². The van der Waals surface area contributed by atoms with Crippen LogP contribution in [0.1, 0.15) is 47.7 Å². The number of piperidine rings is 1. The van der Waals surface area contributed by atoms with Gasteiger partial charge in [-0.15, -0.1) is 0 Å². The maximum atomic E-state index is 13.0. The first-order valence-corrected chi connectivity index (χ1v) is 12.3. The van der Waals surface area contributed by atoms with Crippen molar-refractivity contribution in [1.29, 1.82) is 0 Å². The van der Waals surface area contributed by atoms with Crippen molar-refractivity contribution >= 4 is 15.9 Å². The first-order chi connectivity index (χ1) is 14.8. The van der Waals surface area contributed by atoms with E-state index in [2.05, 4.69) is 12.2 Å². The highest BCUT2D eigenvalue weighted by Crippen LogP contribution is 2.25. The Balaban J connectivity index is 1.63. The van der Waals surface area contributed by atoms with E-state index in [1.165, 1.54) is 10.4 Å². The molecule has 1 fully saturated rings. The van der Waals surface area contributed by atoms with Gasteiger partial charge in [-0.05, 0) is 67.9 Å². The molecule has 0 bridgehead atoms. The SMILES string of the molecule is COc1ccccc1CCCNC(=O)c1cc(S(=O)(=O)N2CCC(C)CC2)ccc1C. The summed E-state index contributed by atoms with van der Waals surface area (Å²) < 4.78 is 33.0. The van der Waals surface area contributed by atoms with Crippen molar-refractivity contribution in [2.45, 2.75) is 44.4 Å². The minimum Gasteiger partial charge on any atom is -0.496 e. The number of rotatable bonds is 8. The van der Waals surface area contributed by atoms with E-state index >= 15 is 0 Å². The molecule has 168 valence electrons. The van der Waals surface area contributed by atoms with Crippen molar-refractivity contribution < 1.29 is 17.9 Å². The number of nitrogens with one attached hydrogen (secondary N) is 1. The van der Waals surface area contributed by atoms with Crippen LogP contribution in [0.4, 0.5) is 0 Å². The fourth-order valence-corrected chi connectivity index (χ4v) is 5.36. The molecule has 0 radical (unpaired) electrons. The third-order valence-electron chi connectivity index (χ3n) is 5.94. The molecule has 2 aromatic carbocycles. The van der Waals surface area contributed by atoms with Crippen LogP contribution in [0.2, 0.25) is 0 Å². The van der Waals surface area contributed by atoms with E-state index in [1.54, 1.807) is 19.2 Å². The molecule has 7 heteroatoms. The Kier molecular flexibility index (Phi) is 7.73. The van der Waals surface area contributed by atoms with E-state index < -0.39 is 10.0 Å². The maximum absolute atomic E-state index is 13.0. The molecule has 1 N–H and O–H groups in total. The summed E-state index contributed by atoms with van der Waals surface area (Å²) in [4.78, 5) is 12.9. The van der Waals surface area contributed by atoms with Crippen LogP contribution >= 0.6 is 0 Å². The van der Waals surface area contributed by atoms with Crippen LogP contribution in [0.25, 0.3) is 0 Å². The van der Waals surface area contributed by atoms with Crippen molar-refractivity contribution in [3.8, 4) is 5.75 Å². The molecular weight excluding hydrogens is 412 g/mol. The Bertz CT molecular complexity index is 1010. The van der Waals surface area contributed by atoms with Crippen LogP contribution in [0.15, 0.2) is 47.4 Å². The van der Waals surface area contributed by atoms with Gasteiger partial charge in [-0.2, -0.15) is 4.31 Å². The third-order valence-corrected chi connectivity index (χ3v) is 7.83. The zero-order valence-electron chi connectivity index (χ0n) is 18.6. The Hall–Kier alpha value is -2.38. The molecule has 0 atom stereocenters. The number of amides is 1. The van der Waals surface area contributed by atoms with Gasteiger partial charge in [0.2, 0.25) is 10.0 Å². The summed E-state index contributed by atoms with van der Waals surface area (Å²) in [6.07, 6.45) is 3.27. The summed E-state index contributed by atoms with van der Waals surface area (Å²) in [5.74, 6) is 1.14. The number of aryl methyl sites for hydroxylation is 2. The van der Waals surface area contributed by atoms with Gasteiger partial charge in [0.25, 0.3) is 5.91 Å². The molecule has 1 amide bonds. The van der Waals surface area contributed by atoms with Gasteiger partial charge in [-0.3, -0.25) is 4.79 Å². The normalized spacial score (nSPS) is 15.6. The second kappa shape index (κ2) is 10.3. The summed E-state index contributed by atoms with van der Waals surface area (Å²) in [6, 6.07) is 12.7. The number of para-hydroxylation sites is 1. The van der Waals surface area contributed by atoms with E-state index in [9.17, 15) is 13.2 Å². The zero-order valence-corrected chi connectivity index (χ0v) is 19.4. The smallest absolute Gasteiger partial charge is 0.251 e. The minimum absolute atomic E-state index is 0.187. The van der Waals surface area contributed by atoms with E-state index in [4.69, 9.17) is 4.74 Å². The van der Waals surface area contributed by atoms with Gasteiger partial charge >= 0.3 is 0 Å². The molecule has 0 aliphatic carbocycles. The second-order valence-electron chi connectivity index (χ2n) is 8.23. The Labute approximate surface area is 185 Å². The molecule has 1 aliphatic heterocycles. The molecule has 1 saturated heterocycles. The second-order valence-corrected chi connectivity index (χ2v) is 10.2. The maximum Gasteiger partial charge on any atom is 0.251 e. The zero-order chi connectivity index (χ0) is 22.4. The summed E-state index contributed by atoms with van der Waals surface area (Å²) >= 11 is 0. The first kappa shape index (κ1) is 23.3. The number of ether oxygens (including phenoxy) is 1. The largest absolute Gasteiger partial charge is 0.496 e. The van der Waals surface area contributed by atoms with Crippen molar-refractivity contribution in [1.82, 2.24) is 9.62 Å². The first-order valence-electron chi connectivity index (χ1n) is 10.8. The molecular formula is C24H32N2O4S. The number of carbonyl (C=O) groups is 1. The Morgan fingerprint density at radius 3 is 2.58 bits per heavy atom. The highest BCUT2D eigenvalue weighted by molar-refractivity contribution is 7.89. The number of benzene rings is 2. The van der Waals surface area contributed by atoms with Gasteiger partial charge in [0.1, 0.15) is 5.75 Å². The highest BCUT2D eigenvalue weighted by atomic mass is 32.2. The van der Waals surface area contributed by atoms with Gasteiger partial charge in [0, 0.05) is 25.2 Å². The summed E-state index contributed by atoms with van der Waals surface area (Å²) in [5.41, 5.74) is 2.26. The lowest BCUT2D eigenvalue weighted by Crippen LogP contribution is -2.38. The molecule has 1 heterocycles. The van der Waals surface area contributed by atoms with Crippen molar-refractivity contribution in [2.24, 2.45) is 5.92 Å². The van der Waals surface area contributed by atoms with Crippen molar-refractivity contribution in [3.05, 3.63) is 59.2 Å². The quantitative estimate of drug-likeness (QED) is 0.629. The highest BCUT2D eigenvalue weighted by Gasteiger charge is 2.28. The molecule has 0 saturated carbocycles. The van der Waals surface area contributed by atoms with Crippen LogP contribution < -0.4 is 10.1 Å². The summed E-state index contributed by atoms with van der Waals surface area (Å²) in [6.45, 7) is 5.52. The number of hydrogen-bond donors (Lipinski definition) is 1. The van der Waals surface area contributed by atoms with Crippen LogP contribution in [0, 0.1) is 12.8 Å². The van der Waals surface area contributed by atoms with Gasteiger partial charge in [-0.25, -0.2) is 8.42 Å². The number of nitrogens with zero attached hydrogens (tertiary/aromatic N) is 1. The molecule has 6 nitrogen and oxygen atoms in total. The number of methoxy groups -OCH3 is 1. The van der Waals surface area contributed by atoms with Crippen LogP contribution in [-0.2, 0) is 16.4 Å². The van der Waals surface area contributed by atoms with Gasteiger partial charge in [0.15, 0.2) is 0 Å². The van der Waals surface area contributed by atoms with E-state index in [0.29, 0.717) is 31.1 Å². The molecule has 0 aromatic heterocycles. The Morgan fingerprint density at radius 1 is 1.16 bits per heavy atom. The lowest BCUT2D eigenvalue weighted by Gasteiger charge is -2.29. The molecule has 31 heavy (non-hydrogen) atoms. The number of sulfonamides is 1. The van der Waals surface area contributed by atoms with E-state index in [-0.39, 0.29) is 10.8 Å². The number of carbonyl (C=O) groups excluding carboxylic acids is 1. The topological polar surface area (TPSA) is 75.7 Å². The monoisotopic (exact) mass is 444 g/mol. The van der Waals surface area contributed by atoms with E-state index in [0.717, 1.165) is 42.6 Å². The van der Waals surface area contributed by atoms with Crippen molar-refractivity contribution in [3.63, 3.8) is 0 Å². The lowest BCUT2D eigenvalue weighted by atomic mass is 10.0.